The third-order valence-electron chi connectivity index (χ3n) is 2.61. The fourth-order valence-corrected chi connectivity index (χ4v) is 1.56. The van der Waals surface area contributed by atoms with Crippen molar-refractivity contribution in [3.8, 4) is 6.07 Å². The van der Waals surface area contributed by atoms with Crippen LogP contribution in [-0.2, 0) is 11.2 Å². The Hall–Kier alpha value is -1.97. The van der Waals surface area contributed by atoms with E-state index in [1.165, 1.54) is 19.1 Å². The number of aliphatic hydroxyl groups excluding tert-OH is 2. The van der Waals surface area contributed by atoms with Crippen LogP contribution in [0.5, 0.6) is 0 Å². The molecular weight excluding hydrogens is 251 g/mol. The molecule has 3 N–H and O–H groups in total. The Morgan fingerprint density at radius 2 is 2.21 bits per heavy atom. The van der Waals surface area contributed by atoms with Gasteiger partial charge in [0, 0.05) is 19.0 Å². The first-order valence-electron chi connectivity index (χ1n) is 5.71. The predicted octanol–water partition coefficient (Wildman–Crippen LogP) is 0.422. The van der Waals surface area contributed by atoms with Crippen molar-refractivity contribution >= 4 is 5.91 Å². The number of carbonyl (C=O) groups is 1. The summed E-state index contributed by atoms with van der Waals surface area (Å²) < 4.78 is 13.6. The van der Waals surface area contributed by atoms with Crippen molar-refractivity contribution in [3.63, 3.8) is 0 Å². The molecule has 0 fully saturated rings. The van der Waals surface area contributed by atoms with Crippen LogP contribution in [0.25, 0.3) is 0 Å². The Bertz CT molecular complexity index is 499. The quantitative estimate of drug-likeness (QED) is 0.720. The predicted molar refractivity (Wildman–Crippen MR) is 65.4 cm³/mol. The summed E-state index contributed by atoms with van der Waals surface area (Å²) >= 11 is 0. The Labute approximate surface area is 110 Å². The van der Waals surface area contributed by atoms with E-state index in [-0.39, 0.29) is 30.0 Å². The van der Waals surface area contributed by atoms with Crippen LogP contribution in [0.3, 0.4) is 0 Å². The SMILES string of the molecule is CC(=O)NCC(O)C(O)c1ccc(CC#N)c(F)c1. The van der Waals surface area contributed by atoms with E-state index in [4.69, 9.17) is 5.26 Å². The molecule has 0 aliphatic heterocycles. The van der Waals surface area contributed by atoms with E-state index in [0.717, 1.165) is 6.07 Å². The van der Waals surface area contributed by atoms with Crippen LogP contribution in [-0.4, -0.2) is 28.8 Å². The van der Waals surface area contributed by atoms with Crippen LogP contribution in [0.15, 0.2) is 18.2 Å². The minimum Gasteiger partial charge on any atom is -0.388 e. The van der Waals surface area contributed by atoms with Crippen molar-refractivity contribution in [1.82, 2.24) is 5.32 Å². The molecule has 1 aromatic rings. The zero-order valence-electron chi connectivity index (χ0n) is 10.4. The summed E-state index contributed by atoms with van der Waals surface area (Å²) in [6.45, 7) is 1.16. The molecule has 0 bridgehead atoms. The van der Waals surface area contributed by atoms with Gasteiger partial charge in [-0.15, -0.1) is 0 Å². The van der Waals surface area contributed by atoms with Crippen molar-refractivity contribution in [2.45, 2.75) is 25.6 Å². The summed E-state index contributed by atoms with van der Waals surface area (Å²) in [6.07, 6.45) is -2.60. The Morgan fingerprint density at radius 1 is 1.53 bits per heavy atom. The molecule has 5 nitrogen and oxygen atoms in total. The molecule has 0 radical (unpaired) electrons. The lowest BCUT2D eigenvalue weighted by atomic mass is 10.0. The van der Waals surface area contributed by atoms with Gasteiger partial charge in [0.2, 0.25) is 5.91 Å². The number of rotatable bonds is 5. The van der Waals surface area contributed by atoms with E-state index in [1.54, 1.807) is 0 Å². The minimum atomic E-state index is -1.31. The highest BCUT2D eigenvalue weighted by Crippen LogP contribution is 2.20. The maximum absolute atomic E-state index is 13.6. The smallest absolute Gasteiger partial charge is 0.216 e. The lowest BCUT2D eigenvalue weighted by molar-refractivity contribution is -0.119. The molecule has 2 atom stereocenters. The molecule has 1 aromatic carbocycles. The summed E-state index contributed by atoms with van der Waals surface area (Å²) in [6, 6.07) is 5.74. The van der Waals surface area contributed by atoms with Crippen LogP contribution >= 0.6 is 0 Å². The lowest BCUT2D eigenvalue weighted by Gasteiger charge is -2.18. The number of hydrogen-bond donors (Lipinski definition) is 3. The Kier molecular flexibility index (Phi) is 5.42. The summed E-state index contributed by atoms with van der Waals surface area (Å²) in [4.78, 5) is 10.7. The molecule has 0 saturated carbocycles. The highest BCUT2D eigenvalue weighted by atomic mass is 19.1. The van der Waals surface area contributed by atoms with Crippen molar-refractivity contribution in [1.29, 1.82) is 5.26 Å². The van der Waals surface area contributed by atoms with Crippen molar-refractivity contribution in [3.05, 3.63) is 35.1 Å². The molecule has 1 rings (SSSR count). The van der Waals surface area contributed by atoms with E-state index >= 15 is 0 Å². The number of halogens is 1. The topological polar surface area (TPSA) is 93.3 Å². The third kappa shape index (κ3) is 4.32. The van der Waals surface area contributed by atoms with Gasteiger partial charge >= 0.3 is 0 Å². The van der Waals surface area contributed by atoms with E-state index in [0.29, 0.717) is 0 Å². The first kappa shape index (κ1) is 15.1. The van der Waals surface area contributed by atoms with Crippen LogP contribution in [0.1, 0.15) is 24.2 Å². The number of benzene rings is 1. The van der Waals surface area contributed by atoms with Crippen LogP contribution in [0.2, 0.25) is 0 Å². The average molecular weight is 266 g/mol. The fraction of sp³-hybridized carbons (Fsp3) is 0.385. The number of hydrogen-bond acceptors (Lipinski definition) is 4. The van der Waals surface area contributed by atoms with Gasteiger partial charge in [-0.05, 0) is 11.6 Å². The van der Waals surface area contributed by atoms with Crippen molar-refractivity contribution in [2.75, 3.05) is 6.54 Å². The van der Waals surface area contributed by atoms with Gasteiger partial charge in [0.15, 0.2) is 0 Å². The van der Waals surface area contributed by atoms with E-state index < -0.39 is 18.0 Å². The summed E-state index contributed by atoms with van der Waals surface area (Å²) in [5.74, 6) is -0.938. The summed E-state index contributed by atoms with van der Waals surface area (Å²) in [7, 11) is 0. The molecular formula is C13H15FN2O3. The van der Waals surface area contributed by atoms with Crippen LogP contribution < -0.4 is 5.32 Å². The average Bonchev–Trinajstić information content (AvgIpc) is 2.37. The zero-order chi connectivity index (χ0) is 14.4. The van der Waals surface area contributed by atoms with Crippen molar-refractivity contribution < 1.29 is 19.4 Å². The molecule has 19 heavy (non-hydrogen) atoms. The van der Waals surface area contributed by atoms with Gasteiger partial charge < -0.3 is 15.5 Å². The molecule has 0 aliphatic rings. The first-order valence-corrected chi connectivity index (χ1v) is 5.71. The Morgan fingerprint density at radius 3 is 2.74 bits per heavy atom. The zero-order valence-corrected chi connectivity index (χ0v) is 10.4. The second-order valence-corrected chi connectivity index (χ2v) is 4.14. The van der Waals surface area contributed by atoms with Gasteiger partial charge in [-0.25, -0.2) is 4.39 Å². The van der Waals surface area contributed by atoms with E-state index in [2.05, 4.69) is 5.32 Å². The second kappa shape index (κ2) is 6.83. The molecule has 102 valence electrons. The minimum absolute atomic E-state index is 0.0589. The molecule has 0 aromatic heterocycles. The largest absolute Gasteiger partial charge is 0.388 e. The van der Waals surface area contributed by atoms with Crippen LogP contribution in [0, 0.1) is 17.1 Å². The third-order valence-corrected chi connectivity index (χ3v) is 2.61. The highest BCUT2D eigenvalue weighted by molar-refractivity contribution is 5.72. The monoisotopic (exact) mass is 266 g/mol. The normalized spacial score (nSPS) is 13.4. The standard InChI is InChI=1S/C13H15FN2O3/c1-8(17)16-7-12(18)13(19)10-3-2-9(4-5-15)11(14)6-10/h2-3,6,12-13,18-19H,4,7H2,1H3,(H,16,17). The highest BCUT2D eigenvalue weighted by Gasteiger charge is 2.19. The van der Waals surface area contributed by atoms with Crippen molar-refractivity contribution in [2.24, 2.45) is 0 Å². The number of amides is 1. The number of nitrogens with zero attached hydrogens (tertiary/aromatic N) is 1. The van der Waals surface area contributed by atoms with Gasteiger partial charge in [0.05, 0.1) is 12.5 Å². The van der Waals surface area contributed by atoms with Crippen LogP contribution in [0.4, 0.5) is 4.39 Å². The lowest BCUT2D eigenvalue weighted by Crippen LogP contribution is -2.34. The summed E-state index contributed by atoms with van der Waals surface area (Å²) in [5.41, 5.74) is 0.423. The second-order valence-electron chi connectivity index (χ2n) is 4.14. The van der Waals surface area contributed by atoms with Gasteiger partial charge in [0.1, 0.15) is 18.0 Å². The first-order chi connectivity index (χ1) is 8.95. The molecule has 0 heterocycles. The Balaban J connectivity index is 2.77. The van der Waals surface area contributed by atoms with E-state index in [1.807, 2.05) is 6.07 Å². The molecule has 0 aliphatic carbocycles. The maximum Gasteiger partial charge on any atom is 0.216 e. The molecule has 0 spiro atoms. The molecule has 6 heteroatoms. The number of carbonyl (C=O) groups excluding carboxylic acids is 1. The maximum atomic E-state index is 13.6. The van der Waals surface area contributed by atoms with Gasteiger partial charge in [-0.3, -0.25) is 4.79 Å². The van der Waals surface area contributed by atoms with Gasteiger partial charge in [0.25, 0.3) is 0 Å². The fourth-order valence-electron chi connectivity index (χ4n) is 1.56. The molecule has 2 unspecified atom stereocenters. The molecule has 1 amide bonds. The number of nitrogens with one attached hydrogen (secondary N) is 1. The number of nitriles is 1. The van der Waals surface area contributed by atoms with E-state index in [9.17, 15) is 19.4 Å². The summed E-state index contributed by atoms with van der Waals surface area (Å²) in [5, 5.41) is 30.3. The molecule has 0 saturated heterocycles. The van der Waals surface area contributed by atoms with Gasteiger partial charge in [-0.1, -0.05) is 12.1 Å². The van der Waals surface area contributed by atoms with Gasteiger partial charge in [-0.2, -0.15) is 5.26 Å². The number of aliphatic hydroxyl groups is 2.